The summed E-state index contributed by atoms with van der Waals surface area (Å²) in [6.07, 6.45) is 3.76. The monoisotopic (exact) mass is 200 g/mol. The lowest BCUT2D eigenvalue weighted by Crippen LogP contribution is -2.01. The van der Waals surface area contributed by atoms with E-state index in [9.17, 15) is 0 Å². The molecule has 0 amide bonds. The van der Waals surface area contributed by atoms with Gasteiger partial charge in [-0.1, -0.05) is 32.0 Å². The van der Waals surface area contributed by atoms with Gasteiger partial charge < -0.3 is 4.57 Å². The standard InChI is InChI=1S/C13H16N2/c1-10(2)12-6-4-5-7-13(12)15-9-14-8-11(15)3/h4-10H,1-3H3. The van der Waals surface area contributed by atoms with Crippen LogP contribution in [0.25, 0.3) is 5.69 Å². The molecule has 0 saturated carbocycles. The van der Waals surface area contributed by atoms with Gasteiger partial charge in [0.15, 0.2) is 0 Å². The zero-order chi connectivity index (χ0) is 10.8. The smallest absolute Gasteiger partial charge is 0.0994 e. The summed E-state index contributed by atoms with van der Waals surface area (Å²) in [4.78, 5) is 4.16. The molecule has 0 aliphatic carbocycles. The Morgan fingerprint density at radius 3 is 2.53 bits per heavy atom. The van der Waals surface area contributed by atoms with Crippen LogP contribution in [0.4, 0.5) is 0 Å². The molecule has 2 nitrogen and oxygen atoms in total. The van der Waals surface area contributed by atoms with Gasteiger partial charge in [0, 0.05) is 11.9 Å². The second kappa shape index (κ2) is 3.89. The summed E-state index contributed by atoms with van der Waals surface area (Å²) in [5.74, 6) is 0.531. The summed E-state index contributed by atoms with van der Waals surface area (Å²) >= 11 is 0. The molecular formula is C13H16N2. The molecule has 0 atom stereocenters. The van der Waals surface area contributed by atoms with E-state index in [0.717, 1.165) is 0 Å². The van der Waals surface area contributed by atoms with E-state index in [1.54, 1.807) is 0 Å². The van der Waals surface area contributed by atoms with E-state index in [0.29, 0.717) is 5.92 Å². The van der Waals surface area contributed by atoms with Crippen LogP contribution >= 0.6 is 0 Å². The highest BCUT2D eigenvalue weighted by Gasteiger charge is 2.08. The third kappa shape index (κ3) is 1.80. The molecule has 0 fully saturated rings. The van der Waals surface area contributed by atoms with E-state index in [4.69, 9.17) is 0 Å². The minimum absolute atomic E-state index is 0.531. The van der Waals surface area contributed by atoms with Gasteiger partial charge in [0.05, 0.1) is 12.0 Å². The quantitative estimate of drug-likeness (QED) is 0.727. The molecule has 0 aliphatic rings. The van der Waals surface area contributed by atoms with E-state index >= 15 is 0 Å². The normalized spacial score (nSPS) is 10.9. The number of rotatable bonds is 2. The van der Waals surface area contributed by atoms with Crippen molar-refractivity contribution in [2.75, 3.05) is 0 Å². The molecule has 0 aliphatic heterocycles. The van der Waals surface area contributed by atoms with E-state index in [1.165, 1.54) is 16.9 Å². The molecule has 0 unspecified atom stereocenters. The van der Waals surface area contributed by atoms with Crippen molar-refractivity contribution in [3.8, 4) is 5.69 Å². The topological polar surface area (TPSA) is 17.8 Å². The Labute approximate surface area is 90.6 Å². The Morgan fingerprint density at radius 1 is 1.20 bits per heavy atom. The molecule has 15 heavy (non-hydrogen) atoms. The SMILES string of the molecule is Cc1cncn1-c1ccccc1C(C)C. The van der Waals surface area contributed by atoms with Crippen molar-refractivity contribution >= 4 is 0 Å². The van der Waals surface area contributed by atoms with Gasteiger partial charge >= 0.3 is 0 Å². The first-order chi connectivity index (χ1) is 7.20. The van der Waals surface area contributed by atoms with Gasteiger partial charge in [-0.15, -0.1) is 0 Å². The molecule has 1 aromatic heterocycles. The molecule has 0 spiro atoms. The Hall–Kier alpha value is -1.57. The second-order valence-corrected chi connectivity index (χ2v) is 4.12. The molecule has 78 valence electrons. The van der Waals surface area contributed by atoms with Crippen LogP contribution in [0.5, 0.6) is 0 Å². The van der Waals surface area contributed by atoms with E-state index in [2.05, 4.69) is 54.6 Å². The minimum atomic E-state index is 0.531. The highest BCUT2D eigenvalue weighted by Crippen LogP contribution is 2.23. The van der Waals surface area contributed by atoms with Crippen molar-refractivity contribution < 1.29 is 0 Å². The van der Waals surface area contributed by atoms with Crippen molar-refractivity contribution in [1.29, 1.82) is 0 Å². The Balaban J connectivity index is 2.58. The fraction of sp³-hybridized carbons (Fsp3) is 0.308. The molecule has 0 saturated heterocycles. The molecule has 0 N–H and O–H groups in total. The first-order valence-electron chi connectivity index (χ1n) is 5.28. The maximum atomic E-state index is 4.16. The van der Waals surface area contributed by atoms with Gasteiger partial charge in [0.25, 0.3) is 0 Å². The molecule has 2 rings (SSSR count). The third-order valence-corrected chi connectivity index (χ3v) is 2.64. The van der Waals surface area contributed by atoms with Gasteiger partial charge in [0.2, 0.25) is 0 Å². The largest absolute Gasteiger partial charge is 0.303 e. The van der Waals surface area contributed by atoms with Gasteiger partial charge in [-0.05, 0) is 24.5 Å². The maximum Gasteiger partial charge on any atom is 0.0994 e. The number of imidazole rings is 1. The number of aromatic nitrogens is 2. The van der Waals surface area contributed by atoms with Crippen LogP contribution in [-0.2, 0) is 0 Å². The Bertz CT molecular complexity index is 455. The summed E-state index contributed by atoms with van der Waals surface area (Å²) in [5, 5.41) is 0. The van der Waals surface area contributed by atoms with Crippen LogP contribution in [0.15, 0.2) is 36.8 Å². The predicted molar refractivity (Wildman–Crippen MR) is 62.4 cm³/mol. The van der Waals surface area contributed by atoms with Crippen molar-refractivity contribution in [2.45, 2.75) is 26.7 Å². The van der Waals surface area contributed by atoms with Crippen LogP contribution < -0.4 is 0 Å². The maximum absolute atomic E-state index is 4.16. The van der Waals surface area contributed by atoms with E-state index in [-0.39, 0.29) is 0 Å². The highest BCUT2D eigenvalue weighted by atomic mass is 15.0. The number of hydrogen-bond donors (Lipinski definition) is 0. The lowest BCUT2D eigenvalue weighted by Gasteiger charge is -2.14. The van der Waals surface area contributed by atoms with Crippen LogP contribution in [0.3, 0.4) is 0 Å². The average molecular weight is 200 g/mol. The summed E-state index contributed by atoms with van der Waals surface area (Å²) in [5.41, 5.74) is 3.77. The van der Waals surface area contributed by atoms with Crippen molar-refractivity contribution in [1.82, 2.24) is 9.55 Å². The average Bonchev–Trinajstić information content (AvgIpc) is 2.64. The lowest BCUT2D eigenvalue weighted by molar-refractivity contribution is 0.841. The molecular weight excluding hydrogens is 184 g/mol. The number of para-hydroxylation sites is 1. The molecule has 0 radical (unpaired) electrons. The fourth-order valence-electron chi connectivity index (χ4n) is 1.81. The fourth-order valence-corrected chi connectivity index (χ4v) is 1.81. The second-order valence-electron chi connectivity index (χ2n) is 4.12. The zero-order valence-electron chi connectivity index (χ0n) is 9.44. The molecule has 0 bridgehead atoms. The third-order valence-electron chi connectivity index (χ3n) is 2.64. The van der Waals surface area contributed by atoms with E-state index < -0.39 is 0 Å². The zero-order valence-corrected chi connectivity index (χ0v) is 9.44. The number of aryl methyl sites for hydroxylation is 1. The molecule has 2 heteroatoms. The summed E-state index contributed by atoms with van der Waals surface area (Å²) in [7, 11) is 0. The van der Waals surface area contributed by atoms with Crippen molar-refractivity contribution in [3.63, 3.8) is 0 Å². The van der Waals surface area contributed by atoms with E-state index in [1.807, 2.05) is 12.5 Å². The first-order valence-corrected chi connectivity index (χ1v) is 5.28. The summed E-state index contributed by atoms with van der Waals surface area (Å²) < 4.78 is 2.13. The van der Waals surface area contributed by atoms with Crippen LogP contribution in [0, 0.1) is 6.92 Å². The van der Waals surface area contributed by atoms with Crippen molar-refractivity contribution in [2.24, 2.45) is 0 Å². The number of nitrogens with zero attached hydrogens (tertiary/aromatic N) is 2. The van der Waals surface area contributed by atoms with Gasteiger partial charge in [-0.25, -0.2) is 4.98 Å². The van der Waals surface area contributed by atoms with Gasteiger partial charge in [-0.3, -0.25) is 0 Å². The number of benzene rings is 1. The first kappa shape index (κ1) is 9.97. The van der Waals surface area contributed by atoms with Gasteiger partial charge in [0.1, 0.15) is 0 Å². The van der Waals surface area contributed by atoms with Crippen molar-refractivity contribution in [3.05, 3.63) is 48.0 Å². The minimum Gasteiger partial charge on any atom is -0.303 e. The van der Waals surface area contributed by atoms with Crippen LogP contribution in [0.2, 0.25) is 0 Å². The van der Waals surface area contributed by atoms with Crippen LogP contribution in [0.1, 0.15) is 31.0 Å². The lowest BCUT2D eigenvalue weighted by atomic mass is 10.0. The predicted octanol–water partition coefficient (Wildman–Crippen LogP) is 3.30. The summed E-state index contributed by atoms with van der Waals surface area (Å²) in [6, 6.07) is 8.48. The Morgan fingerprint density at radius 2 is 1.93 bits per heavy atom. The molecule has 1 aromatic carbocycles. The number of hydrogen-bond acceptors (Lipinski definition) is 1. The molecule has 1 heterocycles. The Kier molecular flexibility index (Phi) is 2.58. The molecule has 2 aromatic rings. The highest BCUT2D eigenvalue weighted by molar-refractivity contribution is 5.43. The summed E-state index contributed by atoms with van der Waals surface area (Å²) in [6.45, 7) is 6.50. The van der Waals surface area contributed by atoms with Crippen LogP contribution in [-0.4, -0.2) is 9.55 Å². The van der Waals surface area contributed by atoms with Gasteiger partial charge in [-0.2, -0.15) is 0 Å².